The van der Waals surface area contributed by atoms with Gasteiger partial charge in [-0.3, -0.25) is 9.78 Å². The molecule has 0 aliphatic rings. The molecule has 0 saturated heterocycles. The molecule has 0 radical (unpaired) electrons. The number of nitrogens with zero attached hydrogens (tertiary/aromatic N) is 1. The van der Waals surface area contributed by atoms with Crippen LogP contribution in [-0.4, -0.2) is 10.9 Å². The number of hydrogen-bond acceptors (Lipinski definition) is 3. The minimum atomic E-state index is -0.386. The summed E-state index contributed by atoms with van der Waals surface area (Å²) in [4.78, 5) is 16.7. The first kappa shape index (κ1) is 15.1. The van der Waals surface area contributed by atoms with Crippen molar-refractivity contribution in [2.75, 3.05) is 0 Å². The average molecular weight is 328 g/mol. The summed E-state index contributed by atoms with van der Waals surface area (Å²) < 4.78 is 5.99. The maximum absolute atomic E-state index is 12.6. The van der Waals surface area contributed by atoms with E-state index in [9.17, 15) is 4.79 Å². The molecular formula is C21H16N2O2. The first-order valence-electron chi connectivity index (χ1n) is 8.06. The van der Waals surface area contributed by atoms with E-state index in [1.165, 1.54) is 0 Å². The number of para-hydroxylation sites is 1. The molecule has 0 fully saturated rings. The number of aromatic nitrogens is 1. The fourth-order valence-corrected chi connectivity index (χ4v) is 2.81. The zero-order valence-electron chi connectivity index (χ0n) is 13.4. The van der Waals surface area contributed by atoms with Gasteiger partial charge < -0.3 is 9.73 Å². The average Bonchev–Trinajstić information content (AvgIpc) is 3.11. The van der Waals surface area contributed by atoms with Gasteiger partial charge in [0.1, 0.15) is 23.1 Å². The summed E-state index contributed by atoms with van der Waals surface area (Å²) in [6, 6.07) is 24.4. The highest BCUT2D eigenvalue weighted by Crippen LogP contribution is 2.28. The van der Waals surface area contributed by atoms with Crippen molar-refractivity contribution in [1.29, 1.82) is 0 Å². The third-order valence-electron chi connectivity index (χ3n) is 4.03. The fourth-order valence-electron chi connectivity index (χ4n) is 2.81. The van der Waals surface area contributed by atoms with Crippen LogP contribution >= 0.6 is 0 Å². The van der Waals surface area contributed by atoms with Crippen LogP contribution in [0.1, 0.15) is 27.9 Å². The van der Waals surface area contributed by atoms with Crippen LogP contribution in [0.25, 0.3) is 11.0 Å². The van der Waals surface area contributed by atoms with Crippen LogP contribution in [0.4, 0.5) is 0 Å². The second-order valence-electron chi connectivity index (χ2n) is 5.72. The smallest absolute Gasteiger partial charge is 0.270 e. The molecule has 4 rings (SSSR count). The Bertz CT molecular complexity index is 961. The molecule has 0 bridgehead atoms. The Labute approximate surface area is 145 Å². The van der Waals surface area contributed by atoms with Crippen molar-refractivity contribution in [3.8, 4) is 0 Å². The van der Waals surface area contributed by atoms with Gasteiger partial charge in [-0.1, -0.05) is 54.6 Å². The lowest BCUT2D eigenvalue weighted by Gasteiger charge is -2.17. The summed E-state index contributed by atoms with van der Waals surface area (Å²) in [6.45, 7) is 0. The molecule has 4 aromatic rings. The van der Waals surface area contributed by atoms with E-state index in [-0.39, 0.29) is 11.9 Å². The van der Waals surface area contributed by atoms with Crippen LogP contribution in [0.5, 0.6) is 0 Å². The summed E-state index contributed by atoms with van der Waals surface area (Å²) in [6.07, 6.45) is 1.60. The molecule has 2 aromatic carbocycles. The first-order chi connectivity index (χ1) is 12.3. The molecule has 2 heterocycles. The van der Waals surface area contributed by atoms with Gasteiger partial charge in [0, 0.05) is 11.6 Å². The molecule has 0 aliphatic heterocycles. The normalized spacial score (nSPS) is 12.0. The van der Waals surface area contributed by atoms with Crippen molar-refractivity contribution >= 4 is 16.9 Å². The number of nitrogens with one attached hydrogen (secondary N) is 1. The Morgan fingerprint density at radius 2 is 1.68 bits per heavy atom. The highest BCUT2D eigenvalue weighted by atomic mass is 16.3. The van der Waals surface area contributed by atoms with Crippen LogP contribution in [0.3, 0.4) is 0 Å². The van der Waals surface area contributed by atoms with E-state index in [1.807, 2.05) is 60.7 Å². The molecule has 0 spiro atoms. The van der Waals surface area contributed by atoms with E-state index in [0.29, 0.717) is 11.5 Å². The summed E-state index contributed by atoms with van der Waals surface area (Å²) in [5.41, 5.74) is 2.12. The molecule has 0 saturated carbocycles. The van der Waals surface area contributed by atoms with Crippen LogP contribution in [0.15, 0.2) is 89.5 Å². The molecule has 0 aliphatic carbocycles. The lowest BCUT2D eigenvalue weighted by Crippen LogP contribution is -2.29. The van der Waals surface area contributed by atoms with Gasteiger partial charge in [0.25, 0.3) is 5.91 Å². The van der Waals surface area contributed by atoms with Crippen LogP contribution in [0, 0.1) is 0 Å². The molecular weight excluding hydrogens is 312 g/mol. The lowest BCUT2D eigenvalue weighted by atomic mass is 10.0. The summed E-state index contributed by atoms with van der Waals surface area (Å²) in [7, 11) is 0. The van der Waals surface area contributed by atoms with Gasteiger partial charge >= 0.3 is 0 Å². The van der Waals surface area contributed by atoms with Crippen molar-refractivity contribution < 1.29 is 9.21 Å². The Morgan fingerprint density at radius 3 is 2.44 bits per heavy atom. The van der Waals surface area contributed by atoms with Crippen molar-refractivity contribution in [3.05, 3.63) is 102 Å². The van der Waals surface area contributed by atoms with Gasteiger partial charge in [0.15, 0.2) is 0 Å². The van der Waals surface area contributed by atoms with E-state index in [1.54, 1.807) is 24.4 Å². The fraction of sp³-hybridized carbons (Fsp3) is 0.0476. The topological polar surface area (TPSA) is 55.1 Å². The number of furan rings is 1. The number of carbonyl (C=O) groups is 1. The summed E-state index contributed by atoms with van der Waals surface area (Å²) in [5.74, 6) is 0.451. The number of pyridine rings is 1. The maximum Gasteiger partial charge on any atom is 0.270 e. The van der Waals surface area contributed by atoms with Crippen molar-refractivity contribution in [2.24, 2.45) is 0 Å². The minimum absolute atomic E-state index is 0.241. The number of benzene rings is 2. The van der Waals surface area contributed by atoms with E-state index in [2.05, 4.69) is 10.3 Å². The van der Waals surface area contributed by atoms with E-state index >= 15 is 0 Å². The summed E-state index contributed by atoms with van der Waals surface area (Å²) in [5, 5.41) is 4.04. The third-order valence-corrected chi connectivity index (χ3v) is 4.03. The largest absolute Gasteiger partial charge is 0.459 e. The standard InChI is InChI=1S/C21H16N2O2/c24-21(17-11-6-7-13-22-17)23-20(15-8-2-1-3-9-15)19-14-16-10-4-5-12-18(16)25-19/h1-14,20H,(H,23,24). The molecule has 4 nitrogen and oxygen atoms in total. The van der Waals surface area contributed by atoms with Gasteiger partial charge in [0.05, 0.1) is 0 Å². The van der Waals surface area contributed by atoms with Gasteiger partial charge in [-0.25, -0.2) is 0 Å². The van der Waals surface area contributed by atoms with Gasteiger partial charge in [-0.2, -0.15) is 0 Å². The van der Waals surface area contributed by atoms with Crippen molar-refractivity contribution in [3.63, 3.8) is 0 Å². The lowest BCUT2D eigenvalue weighted by molar-refractivity contribution is 0.0934. The number of fused-ring (bicyclic) bond motifs is 1. The highest BCUT2D eigenvalue weighted by Gasteiger charge is 2.21. The Kier molecular flexibility index (Phi) is 4.01. The number of hydrogen-bond donors (Lipinski definition) is 1. The molecule has 1 unspecified atom stereocenters. The van der Waals surface area contributed by atoms with Crippen LogP contribution < -0.4 is 5.32 Å². The van der Waals surface area contributed by atoms with Gasteiger partial charge in [-0.05, 0) is 29.8 Å². The number of rotatable bonds is 4. The zero-order chi connectivity index (χ0) is 17.1. The molecule has 25 heavy (non-hydrogen) atoms. The van der Waals surface area contributed by atoms with Crippen LogP contribution in [0.2, 0.25) is 0 Å². The molecule has 1 atom stereocenters. The third kappa shape index (κ3) is 3.15. The van der Waals surface area contributed by atoms with E-state index in [4.69, 9.17) is 4.42 Å². The molecule has 1 N–H and O–H groups in total. The first-order valence-corrected chi connectivity index (χ1v) is 8.06. The Morgan fingerprint density at radius 1 is 0.920 bits per heavy atom. The van der Waals surface area contributed by atoms with Gasteiger partial charge in [-0.15, -0.1) is 0 Å². The van der Waals surface area contributed by atoms with Crippen LogP contribution in [-0.2, 0) is 0 Å². The number of carbonyl (C=O) groups excluding carboxylic acids is 1. The SMILES string of the molecule is O=C(NC(c1ccccc1)c1cc2ccccc2o1)c1ccccn1. The summed E-state index contributed by atoms with van der Waals surface area (Å²) >= 11 is 0. The van der Waals surface area contributed by atoms with Gasteiger partial charge in [0.2, 0.25) is 0 Å². The maximum atomic E-state index is 12.6. The second-order valence-corrected chi connectivity index (χ2v) is 5.72. The Balaban J connectivity index is 1.73. The number of amides is 1. The van der Waals surface area contributed by atoms with E-state index in [0.717, 1.165) is 16.5 Å². The quantitative estimate of drug-likeness (QED) is 0.606. The molecule has 2 aromatic heterocycles. The van der Waals surface area contributed by atoms with Crippen molar-refractivity contribution in [2.45, 2.75) is 6.04 Å². The predicted octanol–water partition coefficient (Wildman–Crippen LogP) is 4.35. The second kappa shape index (κ2) is 6.61. The highest BCUT2D eigenvalue weighted by molar-refractivity contribution is 5.92. The van der Waals surface area contributed by atoms with Crippen molar-refractivity contribution in [1.82, 2.24) is 10.3 Å². The zero-order valence-corrected chi connectivity index (χ0v) is 13.4. The molecule has 4 heteroatoms. The predicted molar refractivity (Wildman–Crippen MR) is 96.2 cm³/mol. The minimum Gasteiger partial charge on any atom is -0.459 e. The van der Waals surface area contributed by atoms with E-state index < -0.39 is 0 Å². The monoisotopic (exact) mass is 328 g/mol. The molecule has 122 valence electrons. The Hall–Kier alpha value is -3.40. The molecule has 1 amide bonds.